The first-order valence-corrected chi connectivity index (χ1v) is 8.06. The molecule has 114 valence electrons. The van der Waals surface area contributed by atoms with Crippen molar-refractivity contribution in [1.82, 2.24) is 0 Å². The maximum Gasteiger partial charge on any atom is 0.337 e. The van der Waals surface area contributed by atoms with Crippen LogP contribution in [0.5, 0.6) is 0 Å². The van der Waals surface area contributed by atoms with Crippen LogP contribution in [0.4, 0.5) is 0 Å². The lowest BCUT2D eigenvalue weighted by molar-refractivity contribution is 0.561. The molecule has 2 nitrogen and oxygen atoms in total. The maximum atomic E-state index is 11.7. The quantitative estimate of drug-likeness (QED) is 0.201. The van der Waals surface area contributed by atoms with Crippen molar-refractivity contribution in [3.8, 4) is 0 Å². The second-order valence-electron chi connectivity index (χ2n) is 5.93. The van der Waals surface area contributed by atoms with Crippen molar-refractivity contribution in [2.45, 2.75) is 0 Å². The van der Waals surface area contributed by atoms with Crippen molar-refractivity contribution >= 4 is 54.9 Å². The SMILES string of the molecule is O=c1cc(Cl)c2cc3ccc4ccc5ccccc5c4c3cc2o1. The van der Waals surface area contributed by atoms with Crippen molar-refractivity contribution in [3.05, 3.63) is 82.2 Å². The van der Waals surface area contributed by atoms with Gasteiger partial charge in [0.05, 0.1) is 5.02 Å². The first-order valence-electron chi connectivity index (χ1n) is 7.68. The Morgan fingerprint density at radius 2 is 1.46 bits per heavy atom. The Bertz CT molecular complexity index is 1330. The van der Waals surface area contributed by atoms with Crippen molar-refractivity contribution in [1.29, 1.82) is 0 Å². The van der Waals surface area contributed by atoms with Crippen molar-refractivity contribution in [2.75, 3.05) is 0 Å². The van der Waals surface area contributed by atoms with Crippen LogP contribution >= 0.6 is 11.6 Å². The number of benzene rings is 4. The van der Waals surface area contributed by atoms with Crippen LogP contribution in [0.2, 0.25) is 5.02 Å². The molecule has 0 bridgehead atoms. The zero-order valence-electron chi connectivity index (χ0n) is 12.5. The van der Waals surface area contributed by atoms with Crippen molar-refractivity contribution in [2.24, 2.45) is 0 Å². The van der Waals surface area contributed by atoms with Gasteiger partial charge in [0.25, 0.3) is 0 Å². The molecule has 5 aromatic rings. The fourth-order valence-corrected chi connectivity index (χ4v) is 3.69. The molecule has 24 heavy (non-hydrogen) atoms. The number of hydrogen-bond donors (Lipinski definition) is 0. The topological polar surface area (TPSA) is 30.2 Å². The molecule has 1 heterocycles. The average Bonchev–Trinajstić information content (AvgIpc) is 2.59. The lowest BCUT2D eigenvalue weighted by Crippen LogP contribution is -1.96. The number of rotatable bonds is 0. The van der Waals surface area contributed by atoms with Gasteiger partial charge >= 0.3 is 5.63 Å². The van der Waals surface area contributed by atoms with E-state index in [-0.39, 0.29) is 0 Å². The standard InChI is InChI=1S/C21H11ClO2/c22-18-11-20(23)24-19-10-16-14(9-17(18)19)8-7-13-6-5-12-3-1-2-4-15(12)21(13)16/h1-11H. The molecule has 4 aromatic carbocycles. The molecule has 0 spiro atoms. The highest BCUT2D eigenvalue weighted by Crippen LogP contribution is 2.35. The van der Waals surface area contributed by atoms with E-state index in [1.807, 2.05) is 24.3 Å². The Morgan fingerprint density at radius 1 is 0.708 bits per heavy atom. The lowest BCUT2D eigenvalue weighted by Gasteiger charge is -2.09. The van der Waals surface area contributed by atoms with E-state index >= 15 is 0 Å². The van der Waals surface area contributed by atoms with Crippen LogP contribution < -0.4 is 5.63 Å². The molecule has 0 saturated carbocycles. The molecular weight excluding hydrogens is 320 g/mol. The highest BCUT2D eigenvalue weighted by atomic mass is 35.5. The van der Waals surface area contributed by atoms with E-state index in [1.54, 1.807) is 0 Å². The smallest absolute Gasteiger partial charge is 0.337 e. The van der Waals surface area contributed by atoms with E-state index in [9.17, 15) is 4.79 Å². The third-order valence-corrected chi connectivity index (χ3v) is 4.85. The zero-order valence-corrected chi connectivity index (χ0v) is 13.3. The van der Waals surface area contributed by atoms with Crippen LogP contribution in [0.1, 0.15) is 0 Å². The van der Waals surface area contributed by atoms with Crippen LogP contribution in [-0.4, -0.2) is 0 Å². The van der Waals surface area contributed by atoms with E-state index in [0.29, 0.717) is 10.6 Å². The molecule has 0 aliphatic carbocycles. The summed E-state index contributed by atoms with van der Waals surface area (Å²) in [4.78, 5) is 11.7. The van der Waals surface area contributed by atoms with Gasteiger partial charge in [-0.25, -0.2) is 4.79 Å². The predicted molar refractivity (Wildman–Crippen MR) is 100 cm³/mol. The van der Waals surface area contributed by atoms with Gasteiger partial charge in [0.1, 0.15) is 5.58 Å². The van der Waals surface area contributed by atoms with E-state index in [4.69, 9.17) is 16.0 Å². The van der Waals surface area contributed by atoms with Gasteiger partial charge in [-0.2, -0.15) is 0 Å². The van der Waals surface area contributed by atoms with Crippen LogP contribution in [0, 0.1) is 0 Å². The summed E-state index contributed by atoms with van der Waals surface area (Å²) in [6.45, 7) is 0. The number of hydrogen-bond acceptors (Lipinski definition) is 2. The van der Waals surface area contributed by atoms with E-state index in [1.165, 1.54) is 16.8 Å². The second-order valence-corrected chi connectivity index (χ2v) is 6.34. The van der Waals surface area contributed by atoms with Crippen LogP contribution in [0.3, 0.4) is 0 Å². The van der Waals surface area contributed by atoms with Crippen molar-refractivity contribution < 1.29 is 4.42 Å². The minimum absolute atomic E-state index is 0.418. The van der Waals surface area contributed by atoms with E-state index in [2.05, 4.69) is 36.4 Å². The molecule has 0 radical (unpaired) electrons. The molecule has 0 atom stereocenters. The fourth-order valence-electron chi connectivity index (χ4n) is 3.45. The van der Waals surface area contributed by atoms with E-state index in [0.717, 1.165) is 26.9 Å². The Labute approximate surface area is 141 Å². The largest absolute Gasteiger partial charge is 0.423 e. The van der Waals surface area contributed by atoms with Gasteiger partial charge in [0.15, 0.2) is 0 Å². The maximum absolute atomic E-state index is 11.7. The summed E-state index contributed by atoms with van der Waals surface area (Å²) in [6.07, 6.45) is 0. The van der Waals surface area contributed by atoms with Gasteiger partial charge in [-0.3, -0.25) is 0 Å². The summed E-state index contributed by atoms with van der Waals surface area (Å²) in [6, 6.07) is 22.0. The predicted octanol–water partition coefficient (Wildman–Crippen LogP) is 5.91. The van der Waals surface area contributed by atoms with Gasteiger partial charge in [-0.1, -0.05) is 60.1 Å². The highest BCUT2D eigenvalue weighted by molar-refractivity contribution is 6.35. The normalized spacial score (nSPS) is 11.7. The summed E-state index contributed by atoms with van der Waals surface area (Å²) >= 11 is 6.22. The fraction of sp³-hybridized carbons (Fsp3) is 0. The van der Waals surface area contributed by atoms with Crippen LogP contribution in [0.25, 0.3) is 43.3 Å². The summed E-state index contributed by atoms with van der Waals surface area (Å²) in [7, 11) is 0. The number of halogens is 1. The molecule has 0 saturated heterocycles. The molecule has 0 N–H and O–H groups in total. The highest BCUT2D eigenvalue weighted by Gasteiger charge is 2.10. The Morgan fingerprint density at radius 3 is 2.33 bits per heavy atom. The Kier molecular flexibility index (Phi) is 2.73. The molecular formula is C21H11ClO2. The average molecular weight is 331 g/mol. The monoisotopic (exact) mass is 330 g/mol. The van der Waals surface area contributed by atoms with Gasteiger partial charge in [-0.05, 0) is 44.5 Å². The molecule has 0 aliphatic rings. The Balaban J connectivity index is 2.08. The summed E-state index contributed by atoms with van der Waals surface area (Å²) in [5.41, 5.74) is 0.0809. The zero-order chi connectivity index (χ0) is 16.3. The van der Waals surface area contributed by atoms with Crippen LogP contribution in [-0.2, 0) is 0 Å². The molecule has 0 amide bonds. The summed E-state index contributed by atoms with van der Waals surface area (Å²) < 4.78 is 5.37. The van der Waals surface area contributed by atoms with E-state index < -0.39 is 5.63 Å². The van der Waals surface area contributed by atoms with Gasteiger partial charge < -0.3 is 4.42 Å². The number of fused-ring (bicyclic) bond motifs is 6. The van der Waals surface area contributed by atoms with Gasteiger partial charge in [0, 0.05) is 11.5 Å². The van der Waals surface area contributed by atoms with Crippen molar-refractivity contribution in [3.63, 3.8) is 0 Å². The first-order chi connectivity index (χ1) is 11.7. The van der Waals surface area contributed by atoms with Crippen LogP contribution in [0.15, 0.2) is 75.9 Å². The summed E-state index contributed by atoms with van der Waals surface area (Å²) in [5.74, 6) is 0. The van der Waals surface area contributed by atoms with Gasteiger partial charge in [0.2, 0.25) is 0 Å². The lowest BCUT2D eigenvalue weighted by atomic mass is 9.96. The summed E-state index contributed by atoms with van der Waals surface area (Å²) in [5, 5.41) is 7.99. The Hall–Kier alpha value is -2.84. The van der Waals surface area contributed by atoms with Gasteiger partial charge in [-0.15, -0.1) is 0 Å². The molecule has 0 aliphatic heterocycles. The molecule has 0 unspecified atom stereocenters. The molecule has 0 fully saturated rings. The molecule has 5 rings (SSSR count). The minimum atomic E-state index is -0.433. The molecule has 3 heteroatoms. The first kappa shape index (κ1) is 13.6. The second kappa shape index (κ2) is 4.83. The minimum Gasteiger partial charge on any atom is -0.423 e. The third kappa shape index (κ3) is 1.87. The molecule has 1 aromatic heterocycles. The third-order valence-electron chi connectivity index (χ3n) is 4.54.